The highest BCUT2D eigenvalue weighted by molar-refractivity contribution is 9.10. The molecule has 0 aliphatic carbocycles. The van der Waals surface area contributed by atoms with Crippen LogP contribution in [-0.2, 0) is 4.79 Å². The van der Waals surface area contributed by atoms with E-state index in [0.717, 1.165) is 32.7 Å². The molecule has 2 aromatic carbocycles. The summed E-state index contributed by atoms with van der Waals surface area (Å²) in [5, 5.41) is 12.3. The lowest BCUT2D eigenvalue weighted by atomic mass is 10.1. The van der Waals surface area contributed by atoms with E-state index in [9.17, 15) is 10.1 Å². The SMILES string of the molecule is Cc1cc(-n2c(C)cc(/C=C(\C#N)C(=O)Nc3ccccc3)c2C)ccc1Br. The summed E-state index contributed by atoms with van der Waals surface area (Å²) in [7, 11) is 0. The van der Waals surface area contributed by atoms with Gasteiger partial charge in [0.2, 0.25) is 0 Å². The summed E-state index contributed by atoms with van der Waals surface area (Å²) in [6.45, 7) is 6.04. The van der Waals surface area contributed by atoms with Gasteiger partial charge in [0.15, 0.2) is 0 Å². The van der Waals surface area contributed by atoms with Crippen molar-refractivity contribution in [2.45, 2.75) is 20.8 Å². The first kappa shape index (κ1) is 19.7. The third-order valence-corrected chi connectivity index (χ3v) is 5.46. The number of anilines is 1. The Balaban J connectivity index is 1.96. The maximum atomic E-state index is 12.5. The minimum absolute atomic E-state index is 0.0658. The van der Waals surface area contributed by atoms with E-state index in [0.29, 0.717) is 5.69 Å². The van der Waals surface area contributed by atoms with Crippen LogP contribution in [0.5, 0.6) is 0 Å². The number of carbonyl (C=O) groups is 1. The molecule has 0 bridgehead atoms. The van der Waals surface area contributed by atoms with Gasteiger partial charge in [-0.05, 0) is 74.4 Å². The minimum atomic E-state index is -0.419. The summed E-state index contributed by atoms with van der Waals surface area (Å²) in [6.07, 6.45) is 1.64. The van der Waals surface area contributed by atoms with Crippen molar-refractivity contribution < 1.29 is 4.79 Å². The topological polar surface area (TPSA) is 57.8 Å². The van der Waals surface area contributed by atoms with Crippen LogP contribution in [0.4, 0.5) is 5.69 Å². The molecule has 0 spiro atoms. The summed E-state index contributed by atoms with van der Waals surface area (Å²) < 4.78 is 3.18. The molecule has 140 valence electrons. The van der Waals surface area contributed by atoms with Crippen molar-refractivity contribution in [3.63, 3.8) is 0 Å². The maximum absolute atomic E-state index is 12.5. The first-order valence-electron chi connectivity index (χ1n) is 8.84. The lowest BCUT2D eigenvalue weighted by molar-refractivity contribution is -0.112. The lowest BCUT2D eigenvalue weighted by Crippen LogP contribution is -2.13. The van der Waals surface area contributed by atoms with Gasteiger partial charge < -0.3 is 9.88 Å². The van der Waals surface area contributed by atoms with Crippen molar-refractivity contribution in [3.8, 4) is 11.8 Å². The molecular formula is C23H20BrN3O. The Bertz CT molecular complexity index is 1100. The molecular weight excluding hydrogens is 414 g/mol. The average Bonchev–Trinajstić information content (AvgIpc) is 2.96. The molecule has 5 heteroatoms. The van der Waals surface area contributed by atoms with Crippen LogP contribution >= 0.6 is 15.9 Å². The third kappa shape index (κ3) is 4.08. The number of benzene rings is 2. The molecule has 1 amide bonds. The van der Waals surface area contributed by atoms with E-state index >= 15 is 0 Å². The van der Waals surface area contributed by atoms with Gasteiger partial charge >= 0.3 is 0 Å². The van der Waals surface area contributed by atoms with Crippen LogP contribution in [-0.4, -0.2) is 10.5 Å². The van der Waals surface area contributed by atoms with Crippen LogP contribution in [0.3, 0.4) is 0 Å². The number of para-hydroxylation sites is 1. The fourth-order valence-corrected chi connectivity index (χ4v) is 3.37. The highest BCUT2D eigenvalue weighted by atomic mass is 79.9. The van der Waals surface area contributed by atoms with Crippen LogP contribution in [0.25, 0.3) is 11.8 Å². The zero-order chi connectivity index (χ0) is 20.3. The number of carbonyl (C=O) groups excluding carboxylic acids is 1. The van der Waals surface area contributed by atoms with Gasteiger partial charge in [0.05, 0.1) is 0 Å². The molecule has 4 nitrogen and oxygen atoms in total. The lowest BCUT2D eigenvalue weighted by Gasteiger charge is -2.11. The zero-order valence-corrected chi connectivity index (χ0v) is 17.5. The Morgan fingerprint density at radius 3 is 2.46 bits per heavy atom. The van der Waals surface area contributed by atoms with Gasteiger partial charge in [-0.25, -0.2) is 0 Å². The molecule has 0 aliphatic heterocycles. The van der Waals surface area contributed by atoms with E-state index in [4.69, 9.17) is 0 Å². The maximum Gasteiger partial charge on any atom is 0.266 e. The highest BCUT2D eigenvalue weighted by Crippen LogP contribution is 2.26. The molecule has 3 rings (SSSR count). The molecule has 0 saturated heterocycles. The Kier molecular flexibility index (Phi) is 5.81. The Labute approximate surface area is 173 Å². The van der Waals surface area contributed by atoms with Crippen molar-refractivity contribution in [2.75, 3.05) is 5.32 Å². The predicted octanol–water partition coefficient (Wildman–Crippen LogP) is 5.71. The number of rotatable bonds is 4. The van der Waals surface area contributed by atoms with E-state index in [1.165, 1.54) is 0 Å². The van der Waals surface area contributed by atoms with Crippen molar-refractivity contribution >= 4 is 33.6 Å². The molecule has 1 aromatic heterocycles. The summed E-state index contributed by atoms with van der Waals surface area (Å²) in [6, 6.07) is 19.3. The molecule has 0 aliphatic rings. The second-order valence-corrected chi connectivity index (χ2v) is 7.44. The van der Waals surface area contributed by atoms with Crippen LogP contribution in [0.15, 0.2) is 64.6 Å². The van der Waals surface area contributed by atoms with Gasteiger partial charge in [-0.15, -0.1) is 0 Å². The molecule has 28 heavy (non-hydrogen) atoms. The number of amides is 1. The average molecular weight is 434 g/mol. The van der Waals surface area contributed by atoms with Crippen LogP contribution < -0.4 is 5.32 Å². The highest BCUT2D eigenvalue weighted by Gasteiger charge is 2.14. The van der Waals surface area contributed by atoms with E-state index in [1.807, 2.05) is 63.2 Å². The van der Waals surface area contributed by atoms with Gasteiger partial charge in [-0.2, -0.15) is 5.26 Å². The summed E-state index contributed by atoms with van der Waals surface area (Å²) in [5.74, 6) is -0.419. The van der Waals surface area contributed by atoms with Gasteiger partial charge in [0.1, 0.15) is 11.6 Å². The van der Waals surface area contributed by atoms with Gasteiger partial charge in [0, 0.05) is 27.2 Å². The van der Waals surface area contributed by atoms with E-state index in [1.54, 1.807) is 18.2 Å². The molecule has 0 fully saturated rings. The van der Waals surface area contributed by atoms with Gasteiger partial charge in [-0.3, -0.25) is 4.79 Å². The number of halogens is 1. The van der Waals surface area contributed by atoms with Crippen LogP contribution in [0, 0.1) is 32.1 Å². The summed E-state index contributed by atoms with van der Waals surface area (Å²) in [4.78, 5) is 12.5. The van der Waals surface area contributed by atoms with E-state index in [2.05, 4.69) is 31.9 Å². The Morgan fingerprint density at radius 2 is 1.82 bits per heavy atom. The quantitative estimate of drug-likeness (QED) is 0.422. The first-order chi connectivity index (χ1) is 13.4. The normalized spacial score (nSPS) is 11.2. The summed E-state index contributed by atoms with van der Waals surface area (Å²) >= 11 is 3.53. The third-order valence-electron chi connectivity index (χ3n) is 4.57. The zero-order valence-electron chi connectivity index (χ0n) is 16.0. The summed E-state index contributed by atoms with van der Waals surface area (Å²) in [5.41, 5.74) is 5.76. The fraction of sp³-hybridized carbons (Fsp3) is 0.130. The van der Waals surface area contributed by atoms with Crippen LogP contribution in [0.1, 0.15) is 22.5 Å². The number of nitrogens with zero attached hydrogens (tertiary/aromatic N) is 2. The minimum Gasteiger partial charge on any atom is -0.321 e. The molecule has 1 heterocycles. The Morgan fingerprint density at radius 1 is 1.11 bits per heavy atom. The second kappa shape index (κ2) is 8.28. The van der Waals surface area contributed by atoms with Gasteiger partial charge in [0.25, 0.3) is 5.91 Å². The molecule has 1 N–H and O–H groups in total. The van der Waals surface area contributed by atoms with E-state index in [-0.39, 0.29) is 5.57 Å². The van der Waals surface area contributed by atoms with Crippen molar-refractivity contribution in [1.29, 1.82) is 5.26 Å². The Hall–Kier alpha value is -3.10. The monoisotopic (exact) mass is 433 g/mol. The molecule has 3 aromatic rings. The van der Waals surface area contributed by atoms with E-state index < -0.39 is 5.91 Å². The largest absolute Gasteiger partial charge is 0.321 e. The standard InChI is InChI=1S/C23H20BrN3O/c1-15-11-21(9-10-22(15)24)27-16(2)12-18(17(27)3)13-19(14-25)23(28)26-20-7-5-4-6-8-20/h4-13H,1-3H3,(H,26,28)/b19-13+. The fourth-order valence-electron chi connectivity index (χ4n) is 3.12. The van der Waals surface area contributed by atoms with Crippen molar-refractivity contribution in [2.24, 2.45) is 0 Å². The number of aromatic nitrogens is 1. The van der Waals surface area contributed by atoms with Crippen molar-refractivity contribution in [3.05, 3.63) is 87.2 Å². The van der Waals surface area contributed by atoms with Crippen LogP contribution in [0.2, 0.25) is 0 Å². The first-order valence-corrected chi connectivity index (χ1v) is 9.63. The number of hydrogen-bond donors (Lipinski definition) is 1. The predicted molar refractivity (Wildman–Crippen MR) is 116 cm³/mol. The van der Waals surface area contributed by atoms with Gasteiger partial charge in [-0.1, -0.05) is 34.1 Å². The number of aryl methyl sites for hydroxylation is 2. The number of hydrogen-bond acceptors (Lipinski definition) is 2. The molecule has 0 unspecified atom stereocenters. The molecule has 0 radical (unpaired) electrons. The molecule has 0 saturated carbocycles. The number of nitrogens with one attached hydrogen (secondary N) is 1. The number of nitriles is 1. The second-order valence-electron chi connectivity index (χ2n) is 6.59. The molecule has 0 atom stereocenters. The van der Waals surface area contributed by atoms with Crippen molar-refractivity contribution in [1.82, 2.24) is 4.57 Å². The smallest absolute Gasteiger partial charge is 0.266 e.